The van der Waals surface area contributed by atoms with Crippen molar-refractivity contribution in [3.8, 4) is 5.75 Å². The summed E-state index contributed by atoms with van der Waals surface area (Å²) in [6.07, 6.45) is 0. The molecule has 0 aliphatic carbocycles. The molecular weight excluding hydrogens is 307 g/mol. The van der Waals surface area contributed by atoms with E-state index >= 15 is 0 Å². The Labute approximate surface area is 123 Å². The number of nitrogens with one attached hydrogen (secondary N) is 1. The first kappa shape index (κ1) is 15.2. The lowest BCUT2D eigenvalue weighted by molar-refractivity contribution is -0.0498. The van der Waals surface area contributed by atoms with Gasteiger partial charge < -0.3 is 10.1 Å². The van der Waals surface area contributed by atoms with Gasteiger partial charge in [-0.3, -0.25) is 4.79 Å². The lowest BCUT2D eigenvalue weighted by atomic mass is 10.2. The van der Waals surface area contributed by atoms with E-state index in [1.807, 2.05) is 0 Å². The minimum atomic E-state index is -2.97. The molecule has 0 fully saturated rings. The van der Waals surface area contributed by atoms with Crippen LogP contribution in [-0.4, -0.2) is 12.5 Å². The highest BCUT2D eigenvalue weighted by molar-refractivity contribution is 6.31. The average Bonchev–Trinajstić information content (AvgIpc) is 2.42. The third-order valence-electron chi connectivity index (χ3n) is 2.50. The minimum Gasteiger partial charge on any atom is -0.435 e. The second-order valence-corrected chi connectivity index (χ2v) is 4.40. The number of anilines is 1. The van der Waals surface area contributed by atoms with Gasteiger partial charge in [-0.15, -0.1) is 0 Å². The van der Waals surface area contributed by atoms with Crippen LogP contribution in [0.15, 0.2) is 42.5 Å². The summed E-state index contributed by atoms with van der Waals surface area (Å²) in [5.41, 5.74) is 0.403. The van der Waals surface area contributed by atoms with Gasteiger partial charge in [-0.2, -0.15) is 8.78 Å². The first-order valence-electron chi connectivity index (χ1n) is 5.77. The third-order valence-corrected chi connectivity index (χ3v) is 2.79. The van der Waals surface area contributed by atoms with Crippen molar-refractivity contribution < 1.29 is 22.7 Å². The van der Waals surface area contributed by atoms with Crippen LogP contribution >= 0.6 is 11.6 Å². The van der Waals surface area contributed by atoms with E-state index in [1.54, 1.807) is 0 Å². The second kappa shape index (κ2) is 6.49. The molecule has 0 aromatic heterocycles. The number of alkyl halides is 2. The molecule has 0 radical (unpaired) electrons. The van der Waals surface area contributed by atoms with Crippen molar-refractivity contribution in [3.63, 3.8) is 0 Å². The summed E-state index contributed by atoms with van der Waals surface area (Å²) in [7, 11) is 0. The number of benzene rings is 2. The van der Waals surface area contributed by atoms with Crippen LogP contribution in [-0.2, 0) is 0 Å². The molecule has 1 amide bonds. The number of carbonyl (C=O) groups is 1. The molecule has 0 saturated heterocycles. The maximum atomic E-state index is 13.0. The number of rotatable bonds is 4. The number of carbonyl (C=O) groups excluding carboxylic acids is 1. The van der Waals surface area contributed by atoms with E-state index in [4.69, 9.17) is 11.6 Å². The molecule has 110 valence electrons. The number of ether oxygens (including phenoxy) is 1. The summed E-state index contributed by atoms with van der Waals surface area (Å²) >= 11 is 5.60. The van der Waals surface area contributed by atoms with Crippen molar-refractivity contribution in [1.82, 2.24) is 0 Å². The molecule has 21 heavy (non-hydrogen) atoms. The highest BCUT2D eigenvalue weighted by Gasteiger charge is 2.10. The SMILES string of the molecule is O=C(Nc1ccc(F)c(Cl)c1)c1cccc(OC(F)F)c1. The predicted octanol–water partition coefficient (Wildman–Crippen LogP) is 4.33. The van der Waals surface area contributed by atoms with Crippen molar-refractivity contribution in [2.24, 2.45) is 0 Å². The van der Waals surface area contributed by atoms with E-state index < -0.39 is 18.3 Å². The van der Waals surface area contributed by atoms with Crippen LogP contribution in [0.1, 0.15) is 10.4 Å². The summed E-state index contributed by atoms with van der Waals surface area (Å²) < 4.78 is 41.4. The van der Waals surface area contributed by atoms with Crippen LogP contribution in [0.3, 0.4) is 0 Å². The predicted molar refractivity (Wildman–Crippen MR) is 72.4 cm³/mol. The monoisotopic (exact) mass is 315 g/mol. The lowest BCUT2D eigenvalue weighted by Crippen LogP contribution is -2.12. The van der Waals surface area contributed by atoms with Gasteiger partial charge in [-0.05, 0) is 36.4 Å². The second-order valence-electron chi connectivity index (χ2n) is 3.99. The van der Waals surface area contributed by atoms with Gasteiger partial charge >= 0.3 is 6.61 Å². The zero-order valence-corrected chi connectivity index (χ0v) is 11.2. The van der Waals surface area contributed by atoms with E-state index in [2.05, 4.69) is 10.1 Å². The maximum Gasteiger partial charge on any atom is 0.387 e. The zero-order chi connectivity index (χ0) is 15.4. The molecule has 0 heterocycles. The van der Waals surface area contributed by atoms with E-state index in [9.17, 15) is 18.0 Å². The molecule has 0 spiro atoms. The van der Waals surface area contributed by atoms with E-state index in [1.165, 1.54) is 36.4 Å². The van der Waals surface area contributed by atoms with E-state index in [0.717, 1.165) is 6.07 Å². The fourth-order valence-corrected chi connectivity index (χ4v) is 1.77. The third kappa shape index (κ3) is 4.13. The Hall–Kier alpha value is -2.21. The molecule has 0 aliphatic heterocycles. The van der Waals surface area contributed by atoms with Crippen molar-refractivity contribution >= 4 is 23.2 Å². The molecule has 0 unspecified atom stereocenters. The van der Waals surface area contributed by atoms with Crippen LogP contribution in [0.4, 0.5) is 18.9 Å². The van der Waals surface area contributed by atoms with Gasteiger partial charge in [-0.25, -0.2) is 4.39 Å². The van der Waals surface area contributed by atoms with Gasteiger partial charge in [0, 0.05) is 11.3 Å². The smallest absolute Gasteiger partial charge is 0.387 e. The van der Waals surface area contributed by atoms with Crippen molar-refractivity contribution in [2.45, 2.75) is 6.61 Å². The summed E-state index contributed by atoms with van der Waals surface area (Å²) in [5, 5.41) is 2.34. The summed E-state index contributed by atoms with van der Waals surface area (Å²) in [4.78, 5) is 12.0. The lowest BCUT2D eigenvalue weighted by Gasteiger charge is -2.08. The first-order valence-corrected chi connectivity index (χ1v) is 6.15. The van der Waals surface area contributed by atoms with Crippen LogP contribution in [0.25, 0.3) is 0 Å². The topological polar surface area (TPSA) is 38.3 Å². The largest absolute Gasteiger partial charge is 0.435 e. The highest BCUT2D eigenvalue weighted by atomic mass is 35.5. The van der Waals surface area contributed by atoms with Gasteiger partial charge in [0.05, 0.1) is 5.02 Å². The standard InChI is InChI=1S/C14H9ClF3NO2/c15-11-7-9(4-5-12(11)16)19-13(20)8-2-1-3-10(6-8)21-14(17)18/h1-7,14H,(H,19,20). The molecule has 3 nitrogen and oxygen atoms in total. The van der Waals surface area contributed by atoms with E-state index in [0.29, 0.717) is 0 Å². The summed E-state index contributed by atoms with van der Waals surface area (Å²) in [6, 6.07) is 8.99. The molecule has 7 heteroatoms. The Morgan fingerprint density at radius 2 is 1.95 bits per heavy atom. The van der Waals surface area contributed by atoms with E-state index in [-0.39, 0.29) is 22.0 Å². The Balaban J connectivity index is 2.14. The average molecular weight is 316 g/mol. The van der Waals surface area contributed by atoms with Gasteiger partial charge in [0.2, 0.25) is 0 Å². The molecule has 0 bridgehead atoms. The Morgan fingerprint density at radius 3 is 2.62 bits per heavy atom. The number of hydrogen-bond acceptors (Lipinski definition) is 2. The molecule has 0 saturated carbocycles. The molecule has 0 aliphatic rings. The molecule has 1 N–H and O–H groups in total. The van der Waals surface area contributed by atoms with Crippen molar-refractivity contribution in [1.29, 1.82) is 0 Å². The van der Waals surface area contributed by atoms with Crippen LogP contribution in [0, 0.1) is 5.82 Å². The van der Waals surface area contributed by atoms with Gasteiger partial charge in [0.25, 0.3) is 5.91 Å². The van der Waals surface area contributed by atoms with Crippen LogP contribution in [0.2, 0.25) is 5.02 Å². The van der Waals surface area contributed by atoms with Crippen LogP contribution < -0.4 is 10.1 Å². The molecule has 2 aromatic rings. The zero-order valence-electron chi connectivity index (χ0n) is 10.4. The van der Waals surface area contributed by atoms with Crippen LogP contribution in [0.5, 0.6) is 5.75 Å². The van der Waals surface area contributed by atoms with Gasteiger partial charge in [0.15, 0.2) is 0 Å². The fraction of sp³-hybridized carbons (Fsp3) is 0.0714. The van der Waals surface area contributed by atoms with Crippen molar-refractivity contribution in [3.05, 3.63) is 58.9 Å². The minimum absolute atomic E-state index is 0.119. The number of halogens is 4. The summed E-state index contributed by atoms with van der Waals surface area (Å²) in [6.45, 7) is -2.97. The van der Waals surface area contributed by atoms with Gasteiger partial charge in [-0.1, -0.05) is 17.7 Å². The Kier molecular flexibility index (Phi) is 4.70. The normalized spacial score (nSPS) is 10.5. The first-order chi connectivity index (χ1) is 9.95. The molecule has 2 rings (SSSR count). The highest BCUT2D eigenvalue weighted by Crippen LogP contribution is 2.21. The summed E-state index contributed by atoms with van der Waals surface area (Å²) in [5.74, 6) is -1.30. The number of amides is 1. The maximum absolute atomic E-state index is 13.0. The Morgan fingerprint density at radius 1 is 1.19 bits per heavy atom. The fourth-order valence-electron chi connectivity index (χ4n) is 1.59. The van der Waals surface area contributed by atoms with Gasteiger partial charge in [0.1, 0.15) is 11.6 Å². The molecule has 0 atom stereocenters. The molecular formula is C14H9ClF3NO2. The quantitative estimate of drug-likeness (QED) is 0.912. The Bertz CT molecular complexity index is 664. The van der Waals surface area contributed by atoms with Crippen molar-refractivity contribution in [2.75, 3.05) is 5.32 Å². The number of hydrogen-bond donors (Lipinski definition) is 1. The molecule has 2 aromatic carbocycles.